The molecule has 1 amide bonds. The molecule has 0 aromatic carbocycles. The third-order valence-electron chi connectivity index (χ3n) is 2.21. The maximum Gasteiger partial charge on any atom is 0.326 e. The molecule has 7 heteroatoms. The van der Waals surface area contributed by atoms with E-state index in [4.69, 9.17) is 5.11 Å². The lowest BCUT2D eigenvalue weighted by Gasteiger charge is -2.14. The van der Waals surface area contributed by atoms with Crippen molar-refractivity contribution in [2.75, 3.05) is 20.2 Å². The van der Waals surface area contributed by atoms with Gasteiger partial charge in [-0.1, -0.05) is 6.92 Å². The Kier molecular flexibility index (Phi) is 8.55. The predicted molar refractivity (Wildman–Crippen MR) is 64.0 cm³/mol. The first-order valence-electron chi connectivity index (χ1n) is 5.81. The molecular weight excluding hydrogens is 240 g/mol. The van der Waals surface area contributed by atoms with Crippen LogP contribution in [0.3, 0.4) is 0 Å². The van der Waals surface area contributed by atoms with E-state index in [-0.39, 0.29) is 19.4 Å². The average molecular weight is 260 g/mol. The summed E-state index contributed by atoms with van der Waals surface area (Å²) in [5, 5.41) is 14.1. The summed E-state index contributed by atoms with van der Waals surface area (Å²) in [6.45, 7) is 2.71. The number of rotatable bonds is 9. The van der Waals surface area contributed by atoms with E-state index >= 15 is 0 Å². The topological polar surface area (TPSA) is 105 Å². The second kappa shape index (κ2) is 9.41. The van der Waals surface area contributed by atoms with Crippen LogP contribution in [0.2, 0.25) is 0 Å². The molecule has 0 rings (SSSR count). The number of nitrogens with one attached hydrogen (secondary N) is 2. The number of carbonyl (C=O) groups excluding carboxylic acids is 2. The van der Waals surface area contributed by atoms with E-state index in [0.717, 1.165) is 6.42 Å². The van der Waals surface area contributed by atoms with Gasteiger partial charge in [0.15, 0.2) is 0 Å². The second-order valence-corrected chi connectivity index (χ2v) is 3.75. The number of methoxy groups -OCH3 is 1. The molecule has 0 unspecified atom stereocenters. The van der Waals surface area contributed by atoms with Crippen LogP contribution < -0.4 is 10.6 Å². The number of ether oxygens (including phenoxy) is 1. The third-order valence-corrected chi connectivity index (χ3v) is 2.21. The molecule has 1 atom stereocenters. The van der Waals surface area contributed by atoms with Gasteiger partial charge in [-0.15, -0.1) is 0 Å². The Hall–Kier alpha value is -1.63. The fourth-order valence-corrected chi connectivity index (χ4v) is 1.25. The van der Waals surface area contributed by atoms with Crippen molar-refractivity contribution in [2.45, 2.75) is 32.2 Å². The van der Waals surface area contributed by atoms with Crippen LogP contribution in [0, 0.1) is 0 Å². The van der Waals surface area contributed by atoms with Crippen LogP contribution in [0.25, 0.3) is 0 Å². The van der Waals surface area contributed by atoms with Gasteiger partial charge in [-0.2, -0.15) is 0 Å². The molecule has 0 saturated carbocycles. The average Bonchev–Trinajstić information content (AvgIpc) is 2.33. The minimum atomic E-state index is -1.16. The first-order valence-corrected chi connectivity index (χ1v) is 5.81. The molecule has 0 aliphatic heterocycles. The summed E-state index contributed by atoms with van der Waals surface area (Å²) in [7, 11) is 1.23. The molecule has 0 heterocycles. The predicted octanol–water partition coefficient (Wildman–Crippen LogP) is -0.491. The van der Waals surface area contributed by atoms with Crippen molar-refractivity contribution in [3.63, 3.8) is 0 Å². The second-order valence-electron chi connectivity index (χ2n) is 3.75. The zero-order valence-corrected chi connectivity index (χ0v) is 10.7. The minimum Gasteiger partial charge on any atom is -0.480 e. The maximum absolute atomic E-state index is 11.4. The van der Waals surface area contributed by atoms with E-state index in [2.05, 4.69) is 15.4 Å². The highest BCUT2D eigenvalue weighted by Gasteiger charge is 2.20. The Morgan fingerprint density at radius 2 is 2.00 bits per heavy atom. The summed E-state index contributed by atoms with van der Waals surface area (Å²) < 4.78 is 4.41. The summed E-state index contributed by atoms with van der Waals surface area (Å²) >= 11 is 0. The Bertz CT molecular complexity index is 293. The van der Waals surface area contributed by atoms with Gasteiger partial charge in [0.05, 0.1) is 13.7 Å². The summed E-state index contributed by atoms with van der Waals surface area (Å²) in [4.78, 5) is 33.2. The van der Waals surface area contributed by atoms with E-state index in [1.165, 1.54) is 7.11 Å². The van der Waals surface area contributed by atoms with Gasteiger partial charge >= 0.3 is 11.9 Å². The highest BCUT2D eigenvalue weighted by atomic mass is 16.5. The number of hydrogen-bond acceptors (Lipinski definition) is 5. The number of carboxylic acids is 1. The lowest BCUT2D eigenvalue weighted by Crippen LogP contribution is -2.44. The zero-order valence-electron chi connectivity index (χ0n) is 10.7. The number of carboxylic acid groups (broad SMARTS) is 1. The molecule has 7 nitrogen and oxygen atoms in total. The molecule has 0 fully saturated rings. The summed E-state index contributed by atoms with van der Waals surface area (Å²) in [5.74, 6) is -2.07. The monoisotopic (exact) mass is 260 g/mol. The van der Waals surface area contributed by atoms with Crippen molar-refractivity contribution in [3.8, 4) is 0 Å². The molecule has 3 N–H and O–H groups in total. The highest BCUT2D eigenvalue weighted by molar-refractivity contribution is 5.85. The van der Waals surface area contributed by atoms with Crippen LogP contribution >= 0.6 is 0 Å². The fourth-order valence-electron chi connectivity index (χ4n) is 1.25. The van der Waals surface area contributed by atoms with Crippen molar-refractivity contribution in [2.24, 2.45) is 0 Å². The maximum atomic E-state index is 11.4. The Labute approximate surface area is 106 Å². The van der Waals surface area contributed by atoms with Gasteiger partial charge in [-0.25, -0.2) is 4.79 Å². The van der Waals surface area contributed by atoms with Crippen LogP contribution in [0.1, 0.15) is 26.2 Å². The van der Waals surface area contributed by atoms with E-state index in [1.54, 1.807) is 0 Å². The molecule has 0 bridgehead atoms. The van der Waals surface area contributed by atoms with Crippen LogP contribution in [0.4, 0.5) is 0 Å². The van der Waals surface area contributed by atoms with Crippen molar-refractivity contribution >= 4 is 17.8 Å². The Morgan fingerprint density at radius 1 is 1.33 bits per heavy atom. The minimum absolute atomic E-state index is 0.0154. The van der Waals surface area contributed by atoms with Crippen LogP contribution in [-0.2, 0) is 19.1 Å². The number of carbonyl (C=O) groups is 3. The largest absolute Gasteiger partial charge is 0.480 e. The van der Waals surface area contributed by atoms with Crippen molar-refractivity contribution in [1.29, 1.82) is 0 Å². The van der Waals surface area contributed by atoms with E-state index in [0.29, 0.717) is 6.54 Å². The standard InChI is InChI=1S/C11H20N2O5/c1-3-6-12-7-9(14)13-8(11(16)17)4-5-10(15)18-2/h8,12H,3-7H2,1-2H3,(H,13,14)(H,16,17)/t8-/m1/s1. The first kappa shape index (κ1) is 16.4. The normalized spacial score (nSPS) is 11.7. The number of amides is 1. The molecule has 0 aromatic heterocycles. The highest BCUT2D eigenvalue weighted by Crippen LogP contribution is 1.99. The fraction of sp³-hybridized carbons (Fsp3) is 0.727. The molecule has 104 valence electrons. The van der Waals surface area contributed by atoms with Gasteiger partial charge < -0.3 is 20.5 Å². The lowest BCUT2D eigenvalue weighted by molar-refractivity contribution is -0.144. The van der Waals surface area contributed by atoms with Gasteiger partial charge in [0.1, 0.15) is 6.04 Å². The van der Waals surface area contributed by atoms with Gasteiger partial charge in [-0.05, 0) is 19.4 Å². The molecule has 0 aromatic rings. The van der Waals surface area contributed by atoms with Crippen LogP contribution in [0.15, 0.2) is 0 Å². The smallest absolute Gasteiger partial charge is 0.326 e. The molecule has 0 radical (unpaired) electrons. The summed E-state index contributed by atoms with van der Waals surface area (Å²) in [5.41, 5.74) is 0. The van der Waals surface area contributed by atoms with E-state index in [9.17, 15) is 14.4 Å². The van der Waals surface area contributed by atoms with E-state index < -0.39 is 23.9 Å². The molecule has 0 aliphatic carbocycles. The Morgan fingerprint density at radius 3 is 2.50 bits per heavy atom. The van der Waals surface area contributed by atoms with Crippen LogP contribution in [0.5, 0.6) is 0 Å². The molecular formula is C11H20N2O5. The molecule has 18 heavy (non-hydrogen) atoms. The van der Waals surface area contributed by atoms with Gasteiger partial charge in [0.25, 0.3) is 0 Å². The first-order chi connectivity index (χ1) is 8.51. The molecule has 0 aliphatic rings. The van der Waals surface area contributed by atoms with Crippen molar-refractivity contribution in [1.82, 2.24) is 10.6 Å². The Balaban J connectivity index is 4.06. The lowest BCUT2D eigenvalue weighted by atomic mass is 10.1. The quantitative estimate of drug-likeness (QED) is 0.381. The number of hydrogen-bond donors (Lipinski definition) is 3. The number of aliphatic carboxylic acids is 1. The number of esters is 1. The molecule has 0 spiro atoms. The van der Waals surface area contributed by atoms with Crippen molar-refractivity contribution < 1.29 is 24.2 Å². The van der Waals surface area contributed by atoms with Crippen LogP contribution in [-0.4, -0.2) is 49.2 Å². The van der Waals surface area contributed by atoms with E-state index in [1.807, 2.05) is 6.92 Å². The third kappa shape index (κ3) is 7.61. The van der Waals surface area contributed by atoms with Gasteiger partial charge in [-0.3, -0.25) is 9.59 Å². The summed E-state index contributed by atoms with van der Waals surface area (Å²) in [6.07, 6.45) is 0.857. The van der Waals surface area contributed by atoms with Gasteiger partial charge in [0, 0.05) is 6.42 Å². The summed E-state index contributed by atoms with van der Waals surface area (Å²) in [6, 6.07) is -1.07. The SMILES string of the molecule is CCCNCC(=O)N[C@H](CCC(=O)OC)C(=O)O. The van der Waals surface area contributed by atoms with Crippen molar-refractivity contribution in [3.05, 3.63) is 0 Å². The molecule has 0 saturated heterocycles. The zero-order chi connectivity index (χ0) is 14.0. The van der Waals surface area contributed by atoms with Gasteiger partial charge in [0.2, 0.25) is 5.91 Å².